The minimum atomic E-state index is 0.177. The summed E-state index contributed by atoms with van der Waals surface area (Å²) in [7, 11) is 0. The summed E-state index contributed by atoms with van der Waals surface area (Å²) in [5.41, 5.74) is 7.95. The van der Waals surface area contributed by atoms with Crippen molar-refractivity contribution in [2.24, 2.45) is 11.1 Å². The van der Waals surface area contributed by atoms with Crippen LogP contribution in [0, 0.1) is 5.41 Å². The molecule has 2 nitrogen and oxygen atoms in total. The van der Waals surface area contributed by atoms with Gasteiger partial charge in [0.15, 0.2) is 0 Å². The number of allylic oxidation sites excluding steroid dienone is 4. The summed E-state index contributed by atoms with van der Waals surface area (Å²) in [6.07, 6.45) is 9.78. The van der Waals surface area contributed by atoms with Crippen molar-refractivity contribution in [2.45, 2.75) is 33.2 Å². The molecule has 17 heavy (non-hydrogen) atoms. The van der Waals surface area contributed by atoms with Crippen LogP contribution in [0.25, 0.3) is 0 Å². The topological polar surface area (TPSA) is 29.3 Å². The van der Waals surface area contributed by atoms with E-state index in [-0.39, 0.29) is 11.5 Å². The highest BCUT2D eigenvalue weighted by molar-refractivity contribution is 8.01. The fraction of sp³-hybridized carbons (Fsp3) is 0.571. The molecule has 0 aromatic heterocycles. The lowest BCUT2D eigenvalue weighted by atomic mass is 9.87. The van der Waals surface area contributed by atoms with Gasteiger partial charge in [-0.05, 0) is 35.4 Å². The normalized spacial score (nSPS) is 22.8. The standard InChI is InChI=1S/C14H22N2S/c1-14(2,3)13(15)10-16-9-11-7-5-4-6-8-12(11)17-16/h4-6,8,13H,7,9-10,15H2,1-3H3. The van der Waals surface area contributed by atoms with Gasteiger partial charge in [0.05, 0.1) is 0 Å². The van der Waals surface area contributed by atoms with E-state index in [2.05, 4.69) is 49.4 Å². The molecule has 2 rings (SSSR count). The van der Waals surface area contributed by atoms with Crippen molar-refractivity contribution >= 4 is 11.9 Å². The molecular formula is C14H22N2S. The Kier molecular flexibility index (Phi) is 3.81. The second-order valence-electron chi connectivity index (χ2n) is 5.85. The molecule has 2 N–H and O–H groups in total. The van der Waals surface area contributed by atoms with E-state index in [1.165, 1.54) is 10.5 Å². The van der Waals surface area contributed by atoms with Crippen molar-refractivity contribution < 1.29 is 0 Å². The molecule has 2 aliphatic rings. The zero-order valence-corrected chi connectivity index (χ0v) is 11.8. The van der Waals surface area contributed by atoms with Gasteiger partial charge in [0.25, 0.3) is 0 Å². The lowest BCUT2D eigenvalue weighted by molar-refractivity contribution is 0.280. The van der Waals surface area contributed by atoms with E-state index in [4.69, 9.17) is 5.73 Å². The monoisotopic (exact) mass is 250 g/mol. The molecule has 1 atom stereocenters. The molecule has 1 aliphatic heterocycles. The van der Waals surface area contributed by atoms with Gasteiger partial charge in [-0.2, -0.15) is 0 Å². The number of nitrogens with two attached hydrogens (primary N) is 1. The number of hydrogen-bond donors (Lipinski definition) is 1. The van der Waals surface area contributed by atoms with Gasteiger partial charge in [-0.15, -0.1) is 0 Å². The van der Waals surface area contributed by atoms with Crippen molar-refractivity contribution in [1.29, 1.82) is 0 Å². The predicted octanol–water partition coefficient (Wildman–Crippen LogP) is 3.09. The molecule has 1 heterocycles. The molecule has 3 heteroatoms. The van der Waals surface area contributed by atoms with Gasteiger partial charge in [-0.3, -0.25) is 0 Å². The van der Waals surface area contributed by atoms with Crippen molar-refractivity contribution in [3.63, 3.8) is 0 Å². The average molecular weight is 250 g/mol. The maximum absolute atomic E-state index is 6.25. The van der Waals surface area contributed by atoms with Crippen LogP contribution in [0.2, 0.25) is 0 Å². The maximum Gasteiger partial charge on any atom is 0.0321 e. The first kappa shape index (κ1) is 12.9. The smallest absolute Gasteiger partial charge is 0.0321 e. The number of rotatable bonds is 2. The lowest BCUT2D eigenvalue weighted by Gasteiger charge is -2.30. The molecule has 0 spiro atoms. The third-order valence-electron chi connectivity index (χ3n) is 3.31. The first-order chi connectivity index (χ1) is 7.97. The van der Waals surface area contributed by atoms with Gasteiger partial charge in [-0.25, -0.2) is 4.31 Å². The Morgan fingerprint density at radius 1 is 1.41 bits per heavy atom. The summed E-state index contributed by atoms with van der Waals surface area (Å²) in [6.45, 7) is 8.63. The Balaban J connectivity index is 1.93. The second-order valence-corrected chi connectivity index (χ2v) is 6.98. The van der Waals surface area contributed by atoms with Crippen LogP contribution in [0.5, 0.6) is 0 Å². The second kappa shape index (κ2) is 5.01. The highest BCUT2D eigenvalue weighted by Gasteiger charge is 2.27. The SMILES string of the molecule is CC(C)(C)C(N)CN1CC2=C(C=CC=CC2)S1. The molecule has 0 saturated carbocycles. The van der Waals surface area contributed by atoms with E-state index in [1.807, 2.05) is 11.9 Å². The predicted molar refractivity (Wildman–Crippen MR) is 76.5 cm³/mol. The molecule has 0 bridgehead atoms. The lowest BCUT2D eigenvalue weighted by Crippen LogP contribution is -2.43. The van der Waals surface area contributed by atoms with Crippen LogP contribution in [0.3, 0.4) is 0 Å². The molecule has 1 unspecified atom stereocenters. The molecular weight excluding hydrogens is 228 g/mol. The third kappa shape index (κ3) is 3.24. The molecule has 0 radical (unpaired) electrons. The molecule has 94 valence electrons. The minimum Gasteiger partial charge on any atom is -0.326 e. The summed E-state index contributed by atoms with van der Waals surface area (Å²) < 4.78 is 2.39. The summed E-state index contributed by atoms with van der Waals surface area (Å²) in [4.78, 5) is 1.41. The van der Waals surface area contributed by atoms with E-state index in [9.17, 15) is 0 Å². The van der Waals surface area contributed by atoms with E-state index in [1.54, 1.807) is 0 Å². The third-order valence-corrected chi connectivity index (χ3v) is 4.47. The molecule has 0 saturated heterocycles. The summed E-state index contributed by atoms with van der Waals surface area (Å²) in [5.74, 6) is 0. The fourth-order valence-corrected chi connectivity index (χ4v) is 3.02. The Morgan fingerprint density at radius 3 is 2.88 bits per heavy atom. The fourth-order valence-electron chi connectivity index (χ4n) is 1.87. The summed E-state index contributed by atoms with van der Waals surface area (Å²) in [5, 5.41) is 0. The highest BCUT2D eigenvalue weighted by atomic mass is 32.2. The Morgan fingerprint density at radius 2 is 2.18 bits per heavy atom. The Labute approximate surface area is 109 Å². The molecule has 0 amide bonds. The van der Waals surface area contributed by atoms with Crippen LogP contribution < -0.4 is 5.73 Å². The number of nitrogens with zero attached hydrogens (tertiary/aromatic N) is 1. The largest absolute Gasteiger partial charge is 0.326 e. The first-order valence-corrected chi connectivity index (χ1v) is 6.98. The maximum atomic E-state index is 6.25. The van der Waals surface area contributed by atoms with Gasteiger partial charge >= 0.3 is 0 Å². The highest BCUT2D eigenvalue weighted by Crippen LogP contribution is 2.37. The molecule has 0 aromatic rings. The zero-order valence-electron chi connectivity index (χ0n) is 10.9. The van der Waals surface area contributed by atoms with Crippen molar-refractivity contribution in [3.05, 3.63) is 34.8 Å². The van der Waals surface area contributed by atoms with E-state index >= 15 is 0 Å². The number of hydrogen-bond acceptors (Lipinski definition) is 3. The van der Waals surface area contributed by atoms with Crippen LogP contribution in [-0.2, 0) is 0 Å². The zero-order chi connectivity index (χ0) is 12.5. The quantitative estimate of drug-likeness (QED) is 0.764. The summed E-state index contributed by atoms with van der Waals surface area (Å²) in [6, 6.07) is 0.220. The summed E-state index contributed by atoms with van der Waals surface area (Å²) >= 11 is 1.86. The van der Waals surface area contributed by atoms with Gasteiger partial charge in [-0.1, -0.05) is 39.0 Å². The Hall–Kier alpha value is -0.510. The molecule has 0 aromatic carbocycles. The van der Waals surface area contributed by atoms with Crippen LogP contribution in [0.15, 0.2) is 34.8 Å². The molecule has 1 aliphatic carbocycles. The van der Waals surface area contributed by atoms with Crippen molar-refractivity contribution in [2.75, 3.05) is 13.1 Å². The van der Waals surface area contributed by atoms with Gasteiger partial charge in [0.1, 0.15) is 0 Å². The van der Waals surface area contributed by atoms with E-state index in [0.717, 1.165) is 19.5 Å². The van der Waals surface area contributed by atoms with Gasteiger partial charge in [0, 0.05) is 24.0 Å². The van der Waals surface area contributed by atoms with Gasteiger partial charge < -0.3 is 5.73 Å². The molecule has 0 fully saturated rings. The average Bonchev–Trinajstić information content (AvgIpc) is 2.47. The van der Waals surface area contributed by atoms with Crippen LogP contribution in [-0.4, -0.2) is 23.4 Å². The van der Waals surface area contributed by atoms with Crippen molar-refractivity contribution in [1.82, 2.24) is 4.31 Å². The van der Waals surface area contributed by atoms with Crippen LogP contribution in [0.1, 0.15) is 27.2 Å². The van der Waals surface area contributed by atoms with E-state index < -0.39 is 0 Å². The van der Waals surface area contributed by atoms with E-state index in [0.29, 0.717) is 0 Å². The van der Waals surface area contributed by atoms with Crippen LogP contribution in [0.4, 0.5) is 0 Å². The minimum absolute atomic E-state index is 0.177. The Bertz CT molecular complexity index is 374. The van der Waals surface area contributed by atoms with Crippen molar-refractivity contribution in [3.8, 4) is 0 Å². The van der Waals surface area contributed by atoms with Crippen LogP contribution >= 0.6 is 11.9 Å². The first-order valence-electron chi connectivity index (χ1n) is 6.20. The van der Waals surface area contributed by atoms with Gasteiger partial charge in [0.2, 0.25) is 0 Å².